The summed E-state index contributed by atoms with van der Waals surface area (Å²) in [7, 11) is 1.70. The molecule has 3 atom stereocenters. The van der Waals surface area contributed by atoms with Gasteiger partial charge in [0.1, 0.15) is 11.7 Å². The summed E-state index contributed by atoms with van der Waals surface area (Å²) < 4.78 is 2.27. The largest absolute Gasteiger partial charge is 0.618 e. The lowest BCUT2D eigenvalue weighted by Crippen LogP contribution is -2.48. The van der Waals surface area contributed by atoms with Gasteiger partial charge in [0.05, 0.1) is 10.6 Å². The topological polar surface area (TPSA) is 103 Å². The van der Waals surface area contributed by atoms with E-state index in [1.807, 2.05) is 12.1 Å². The molecule has 2 heterocycles. The number of carbonyl (C=O) groups is 2. The number of hydrogen-bond donors (Lipinski definition) is 2. The van der Waals surface area contributed by atoms with Crippen LogP contribution in [0, 0.1) is 29.9 Å². The highest BCUT2D eigenvalue weighted by Crippen LogP contribution is 2.55. The molecule has 0 radical (unpaired) electrons. The molecule has 2 aliphatic carbocycles. The van der Waals surface area contributed by atoms with Crippen LogP contribution in [0.5, 0.6) is 0 Å². The minimum absolute atomic E-state index is 0.110. The van der Waals surface area contributed by atoms with Gasteiger partial charge in [-0.3, -0.25) is 14.3 Å². The number of fused-ring (bicyclic) bond motifs is 1. The minimum atomic E-state index is -0.625. The predicted molar refractivity (Wildman–Crippen MR) is 128 cm³/mol. The van der Waals surface area contributed by atoms with Crippen LogP contribution < -0.4 is 15.4 Å². The number of aryl methyl sites for hydroxylation is 1. The third kappa shape index (κ3) is 4.25. The van der Waals surface area contributed by atoms with Crippen molar-refractivity contribution >= 4 is 29.1 Å². The normalized spacial score (nSPS) is 21.6. The van der Waals surface area contributed by atoms with Crippen LogP contribution in [0.3, 0.4) is 0 Å². The molecule has 0 saturated heterocycles. The summed E-state index contributed by atoms with van der Waals surface area (Å²) in [6.07, 6.45) is 6.07. The number of nitrogens with zero attached hydrogens (tertiary/aromatic N) is 3. The van der Waals surface area contributed by atoms with Crippen LogP contribution in [-0.4, -0.2) is 27.6 Å². The molecule has 2 aromatic heterocycles. The minimum Gasteiger partial charge on any atom is -0.618 e. The van der Waals surface area contributed by atoms with Gasteiger partial charge in [-0.05, 0) is 60.8 Å². The fourth-order valence-electron chi connectivity index (χ4n) is 5.14. The number of carbonyl (C=O) groups excluding carboxylic acids is 2. The van der Waals surface area contributed by atoms with Crippen molar-refractivity contribution in [2.75, 3.05) is 5.32 Å². The number of amides is 2. The van der Waals surface area contributed by atoms with E-state index in [-0.39, 0.29) is 17.7 Å². The van der Waals surface area contributed by atoms with Gasteiger partial charge in [0, 0.05) is 31.9 Å². The van der Waals surface area contributed by atoms with E-state index in [2.05, 4.69) is 15.7 Å². The standard InChI is InChI=1S/C25H26ClN5O3/c1-14-22(20(26)8-10-31(14)34)15-3-5-19(6-4-15)28-25(33)23(18-12-16-11-17(16)13-18)29-24(32)21-7-9-27-30(21)2/h3-10,16-18,23H,11-13H2,1-2H3,(H,28,33)(H,29,32)/t16?,17?,18?,23-/m0/s1. The van der Waals surface area contributed by atoms with Crippen molar-refractivity contribution in [2.24, 2.45) is 24.8 Å². The molecule has 0 bridgehead atoms. The lowest BCUT2D eigenvalue weighted by atomic mass is 9.93. The number of nitrogens with one attached hydrogen (secondary N) is 2. The molecule has 5 rings (SSSR count). The first-order valence-corrected chi connectivity index (χ1v) is 11.8. The van der Waals surface area contributed by atoms with E-state index in [1.165, 1.54) is 17.3 Å². The zero-order valence-corrected chi connectivity index (χ0v) is 19.7. The summed E-state index contributed by atoms with van der Waals surface area (Å²) in [6.45, 7) is 1.71. The molecule has 2 N–H and O–H groups in total. The van der Waals surface area contributed by atoms with Gasteiger partial charge in [0.2, 0.25) is 5.91 Å². The Kier molecular flexibility index (Phi) is 5.77. The molecule has 8 nitrogen and oxygen atoms in total. The molecule has 34 heavy (non-hydrogen) atoms. The fourth-order valence-corrected chi connectivity index (χ4v) is 5.44. The highest BCUT2D eigenvalue weighted by atomic mass is 35.5. The fraction of sp³-hybridized carbons (Fsp3) is 0.360. The molecule has 2 saturated carbocycles. The lowest BCUT2D eigenvalue weighted by molar-refractivity contribution is -0.611. The molecule has 0 spiro atoms. The van der Waals surface area contributed by atoms with E-state index >= 15 is 0 Å². The zero-order valence-electron chi connectivity index (χ0n) is 19.0. The Morgan fingerprint density at radius 2 is 1.85 bits per heavy atom. The molecule has 3 aromatic rings. The van der Waals surface area contributed by atoms with Crippen LogP contribution in [0.15, 0.2) is 48.8 Å². The Morgan fingerprint density at radius 1 is 1.15 bits per heavy atom. The van der Waals surface area contributed by atoms with Gasteiger partial charge in [-0.2, -0.15) is 9.83 Å². The van der Waals surface area contributed by atoms with Crippen molar-refractivity contribution in [3.63, 3.8) is 0 Å². The van der Waals surface area contributed by atoms with Gasteiger partial charge in [-0.15, -0.1) is 0 Å². The Balaban J connectivity index is 1.33. The maximum absolute atomic E-state index is 13.3. The molecule has 2 amide bonds. The first kappa shape index (κ1) is 22.4. The van der Waals surface area contributed by atoms with Crippen molar-refractivity contribution in [3.05, 3.63) is 70.4 Å². The van der Waals surface area contributed by atoms with Crippen LogP contribution >= 0.6 is 11.6 Å². The molecule has 2 aliphatic rings. The van der Waals surface area contributed by atoms with Crippen molar-refractivity contribution in [1.82, 2.24) is 15.1 Å². The van der Waals surface area contributed by atoms with E-state index in [0.717, 1.165) is 23.1 Å². The van der Waals surface area contributed by atoms with Gasteiger partial charge in [-0.25, -0.2) is 0 Å². The average Bonchev–Trinajstić information content (AvgIpc) is 3.19. The molecule has 2 unspecified atom stereocenters. The van der Waals surface area contributed by atoms with Crippen molar-refractivity contribution in [3.8, 4) is 11.1 Å². The Hall–Kier alpha value is -3.39. The first-order chi connectivity index (χ1) is 16.3. The van der Waals surface area contributed by atoms with Crippen LogP contribution in [0.25, 0.3) is 11.1 Å². The Morgan fingerprint density at radius 3 is 2.50 bits per heavy atom. The maximum Gasteiger partial charge on any atom is 0.270 e. The summed E-state index contributed by atoms with van der Waals surface area (Å²) in [5.41, 5.74) is 2.96. The highest BCUT2D eigenvalue weighted by molar-refractivity contribution is 6.33. The number of hydrogen-bond acceptors (Lipinski definition) is 4. The van der Waals surface area contributed by atoms with Crippen LogP contribution in [-0.2, 0) is 11.8 Å². The summed E-state index contributed by atoms with van der Waals surface area (Å²) >= 11 is 6.32. The molecule has 176 valence electrons. The molecule has 0 aliphatic heterocycles. The van der Waals surface area contributed by atoms with E-state index < -0.39 is 6.04 Å². The van der Waals surface area contributed by atoms with Gasteiger partial charge in [0.25, 0.3) is 5.91 Å². The molecule has 2 fully saturated rings. The second kappa shape index (κ2) is 8.76. The zero-order chi connectivity index (χ0) is 24.0. The summed E-state index contributed by atoms with van der Waals surface area (Å²) in [5.74, 6) is 0.919. The van der Waals surface area contributed by atoms with Crippen molar-refractivity contribution < 1.29 is 14.3 Å². The second-order valence-electron chi connectivity index (χ2n) is 9.30. The molecular weight excluding hydrogens is 454 g/mol. The van der Waals surface area contributed by atoms with Crippen LogP contribution in [0.2, 0.25) is 5.02 Å². The predicted octanol–water partition coefficient (Wildman–Crippen LogP) is 3.47. The first-order valence-electron chi connectivity index (χ1n) is 11.4. The Labute approximate surface area is 202 Å². The Bertz CT molecular complexity index is 1250. The lowest BCUT2D eigenvalue weighted by Gasteiger charge is -2.25. The summed E-state index contributed by atoms with van der Waals surface area (Å²) in [5, 5.41) is 22.4. The number of halogens is 1. The van der Waals surface area contributed by atoms with Gasteiger partial charge >= 0.3 is 0 Å². The third-order valence-corrected chi connectivity index (χ3v) is 7.42. The number of aromatic nitrogens is 3. The van der Waals surface area contributed by atoms with Crippen molar-refractivity contribution in [2.45, 2.75) is 32.2 Å². The van der Waals surface area contributed by atoms with Crippen molar-refractivity contribution in [1.29, 1.82) is 0 Å². The SMILES string of the molecule is Cc1c(-c2ccc(NC(=O)[C@@H](NC(=O)c3ccnn3C)C3CC4CC4C3)cc2)c(Cl)cc[n+]1[O-]. The second-order valence-corrected chi connectivity index (χ2v) is 9.70. The molecular formula is C25H26ClN5O3. The summed E-state index contributed by atoms with van der Waals surface area (Å²) in [4.78, 5) is 26.1. The maximum atomic E-state index is 13.3. The number of anilines is 1. The quantitative estimate of drug-likeness (QED) is 0.417. The molecule has 9 heteroatoms. The summed E-state index contributed by atoms with van der Waals surface area (Å²) in [6, 6.07) is 9.76. The van der Waals surface area contributed by atoms with E-state index in [0.29, 0.717) is 39.5 Å². The molecule has 1 aromatic carbocycles. The third-order valence-electron chi connectivity index (χ3n) is 7.10. The van der Waals surface area contributed by atoms with Gasteiger partial charge in [0.15, 0.2) is 11.9 Å². The monoisotopic (exact) mass is 479 g/mol. The number of benzene rings is 1. The van der Waals surface area contributed by atoms with Crippen LogP contribution in [0.1, 0.15) is 35.4 Å². The van der Waals surface area contributed by atoms with E-state index in [4.69, 9.17) is 11.6 Å². The highest BCUT2D eigenvalue weighted by Gasteiger charge is 2.49. The number of rotatable bonds is 6. The number of pyridine rings is 1. The van der Waals surface area contributed by atoms with Gasteiger partial charge in [-0.1, -0.05) is 23.7 Å². The smallest absolute Gasteiger partial charge is 0.270 e. The van der Waals surface area contributed by atoms with Gasteiger partial charge < -0.3 is 15.8 Å². The van der Waals surface area contributed by atoms with E-state index in [9.17, 15) is 14.8 Å². The van der Waals surface area contributed by atoms with E-state index in [1.54, 1.807) is 44.4 Å². The van der Waals surface area contributed by atoms with Crippen LogP contribution in [0.4, 0.5) is 5.69 Å². The average molecular weight is 480 g/mol.